The van der Waals surface area contributed by atoms with Gasteiger partial charge >= 0.3 is 0 Å². The zero-order chi connectivity index (χ0) is 20.3. The Bertz CT molecular complexity index is 1040. The van der Waals surface area contributed by atoms with Crippen LogP contribution in [0, 0.1) is 13.8 Å². The highest BCUT2D eigenvalue weighted by atomic mass is 16.2. The molecule has 0 fully saturated rings. The Hall–Kier alpha value is -3.14. The highest BCUT2D eigenvalue weighted by Gasteiger charge is 2.20. The summed E-state index contributed by atoms with van der Waals surface area (Å²) < 4.78 is 1.95. The van der Waals surface area contributed by atoms with Gasteiger partial charge in [-0.3, -0.25) is 9.59 Å². The van der Waals surface area contributed by atoms with Crippen molar-refractivity contribution >= 4 is 11.6 Å². The normalized spacial score (nSPS) is 10.7. The van der Waals surface area contributed by atoms with Crippen LogP contribution in [0.1, 0.15) is 46.7 Å². The lowest BCUT2D eigenvalue weighted by Gasteiger charge is -2.19. The van der Waals surface area contributed by atoms with Gasteiger partial charge in [0.15, 0.2) is 5.43 Å². The molecule has 0 unspecified atom stereocenters. The molecule has 2 aromatic carbocycles. The number of aromatic nitrogens is 1. The lowest BCUT2D eigenvalue weighted by molar-refractivity contribution is 0.102. The van der Waals surface area contributed by atoms with E-state index in [2.05, 4.69) is 19.2 Å². The molecule has 1 heterocycles. The molecule has 0 atom stereocenters. The summed E-state index contributed by atoms with van der Waals surface area (Å²) in [6.07, 6.45) is 1.62. The Morgan fingerprint density at radius 2 is 1.54 bits per heavy atom. The number of nitrogens with one attached hydrogen (secondary N) is 1. The standard InChI is InChI=1S/C24H26N2O2/c1-5-18-11-10-12-19(6-2)23(18)25-24(28)22-17(4)26(16(3)15-21(22)27)20-13-8-7-9-14-20/h7-15H,5-6H2,1-4H3,(H,25,28). The molecule has 0 aliphatic carbocycles. The van der Waals surface area contributed by atoms with Crippen LogP contribution in [0.2, 0.25) is 0 Å². The van der Waals surface area contributed by atoms with Crippen LogP contribution in [0.5, 0.6) is 0 Å². The predicted octanol–water partition coefficient (Wildman–Crippen LogP) is 4.83. The van der Waals surface area contributed by atoms with E-state index in [1.54, 1.807) is 0 Å². The van der Waals surface area contributed by atoms with Crippen molar-refractivity contribution in [2.75, 3.05) is 5.32 Å². The smallest absolute Gasteiger partial charge is 0.261 e. The van der Waals surface area contributed by atoms with E-state index >= 15 is 0 Å². The number of amides is 1. The Balaban J connectivity index is 2.10. The highest BCUT2D eigenvalue weighted by Crippen LogP contribution is 2.24. The fraction of sp³-hybridized carbons (Fsp3) is 0.250. The van der Waals surface area contributed by atoms with Crippen LogP contribution >= 0.6 is 0 Å². The average Bonchev–Trinajstić information content (AvgIpc) is 2.68. The zero-order valence-electron chi connectivity index (χ0n) is 16.9. The monoisotopic (exact) mass is 374 g/mol. The van der Waals surface area contributed by atoms with Gasteiger partial charge in [0.2, 0.25) is 0 Å². The molecule has 0 radical (unpaired) electrons. The van der Waals surface area contributed by atoms with Gasteiger partial charge in [-0.15, -0.1) is 0 Å². The predicted molar refractivity (Wildman–Crippen MR) is 115 cm³/mol. The van der Waals surface area contributed by atoms with Crippen molar-refractivity contribution in [2.24, 2.45) is 0 Å². The summed E-state index contributed by atoms with van der Waals surface area (Å²) in [7, 11) is 0. The molecule has 0 saturated carbocycles. The first-order valence-electron chi connectivity index (χ1n) is 9.68. The number of pyridine rings is 1. The molecule has 1 amide bonds. The molecule has 0 saturated heterocycles. The number of carbonyl (C=O) groups excluding carboxylic acids is 1. The van der Waals surface area contributed by atoms with E-state index in [0.717, 1.165) is 41.0 Å². The zero-order valence-corrected chi connectivity index (χ0v) is 16.9. The number of carbonyl (C=O) groups is 1. The van der Waals surface area contributed by atoms with Crippen molar-refractivity contribution in [3.63, 3.8) is 0 Å². The van der Waals surface area contributed by atoms with Crippen molar-refractivity contribution in [1.29, 1.82) is 0 Å². The minimum atomic E-state index is -0.359. The summed E-state index contributed by atoms with van der Waals surface area (Å²) in [6, 6.07) is 17.3. The number of nitrogens with zero attached hydrogens (tertiary/aromatic N) is 1. The molecule has 1 N–H and O–H groups in total. The van der Waals surface area contributed by atoms with Gasteiger partial charge in [-0.25, -0.2) is 0 Å². The highest BCUT2D eigenvalue weighted by molar-refractivity contribution is 6.05. The third-order valence-corrected chi connectivity index (χ3v) is 5.12. The minimum absolute atomic E-state index is 0.183. The largest absolute Gasteiger partial charge is 0.321 e. The first-order valence-corrected chi connectivity index (χ1v) is 9.68. The fourth-order valence-electron chi connectivity index (χ4n) is 3.71. The van der Waals surface area contributed by atoms with Crippen LogP contribution in [0.25, 0.3) is 5.69 Å². The van der Waals surface area contributed by atoms with Crippen LogP contribution in [-0.4, -0.2) is 10.5 Å². The summed E-state index contributed by atoms with van der Waals surface area (Å²) in [6.45, 7) is 7.82. The molecule has 144 valence electrons. The van der Waals surface area contributed by atoms with Crippen LogP contribution in [-0.2, 0) is 12.8 Å². The van der Waals surface area contributed by atoms with Crippen LogP contribution in [0.3, 0.4) is 0 Å². The fourth-order valence-corrected chi connectivity index (χ4v) is 3.71. The quantitative estimate of drug-likeness (QED) is 0.695. The van der Waals surface area contributed by atoms with Gasteiger partial charge in [0.1, 0.15) is 5.56 Å². The number of para-hydroxylation sites is 2. The molecule has 0 bridgehead atoms. The third-order valence-electron chi connectivity index (χ3n) is 5.12. The summed E-state index contributed by atoms with van der Waals surface area (Å²) in [5.74, 6) is -0.359. The summed E-state index contributed by atoms with van der Waals surface area (Å²) in [5.41, 5.74) is 5.25. The molecule has 0 aliphatic heterocycles. The third kappa shape index (κ3) is 3.63. The van der Waals surface area contributed by atoms with E-state index in [4.69, 9.17) is 0 Å². The topological polar surface area (TPSA) is 51.1 Å². The second-order valence-corrected chi connectivity index (χ2v) is 6.89. The van der Waals surface area contributed by atoms with E-state index in [1.807, 2.05) is 66.9 Å². The van der Waals surface area contributed by atoms with E-state index in [9.17, 15) is 9.59 Å². The SMILES string of the molecule is CCc1cccc(CC)c1NC(=O)c1c(C)n(-c2ccccc2)c(C)cc1=O. The Kier molecular flexibility index (Phi) is 5.78. The first-order chi connectivity index (χ1) is 13.5. The van der Waals surface area contributed by atoms with E-state index in [-0.39, 0.29) is 16.9 Å². The van der Waals surface area contributed by atoms with E-state index < -0.39 is 0 Å². The molecule has 4 heteroatoms. The van der Waals surface area contributed by atoms with E-state index in [0.29, 0.717) is 5.69 Å². The Morgan fingerprint density at radius 3 is 2.11 bits per heavy atom. The average molecular weight is 374 g/mol. The van der Waals surface area contributed by atoms with Gasteiger partial charge in [-0.05, 0) is 49.9 Å². The molecule has 4 nitrogen and oxygen atoms in total. The first kappa shape index (κ1) is 19.6. The van der Waals surface area contributed by atoms with E-state index in [1.165, 1.54) is 6.07 Å². The Labute approximate surface area is 165 Å². The van der Waals surface area contributed by atoms with Gasteiger partial charge < -0.3 is 9.88 Å². The maximum atomic E-state index is 13.2. The van der Waals surface area contributed by atoms with Crippen molar-refractivity contribution in [3.05, 3.63) is 92.9 Å². The molecule has 28 heavy (non-hydrogen) atoms. The van der Waals surface area contributed by atoms with Gasteiger partial charge in [0.25, 0.3) is 5.91 Å². The lowest BCUT2D eigenvalue weighted by Crippen LogP contribution is -2.27. The van der Waals surface area contributed by atoms with Gasteiger partial charge in [-0.2, -0.15) is 0 Å². The van der Waals surface area contributed by atoms with Crippen LogP contribution in [0.15, 0.2) is 59.4 Å². The molecule has 0 aliphatic rings. The molecule has 0 spiro atoms. The molecule has 1 aromatic heterocycles. The number of aryl methyl sites for hydroxylation is 3. The maximum absolute atomic E-state index is 13.2. The number of hydrogen-bond acceptors (Lipinski definition) is 2. The maximum Gasteiger partial charge on any atom is 0.261 e. The lowest BCUT2D eigenvalue weighted by atomic mass is 10.0. The number of anilines is 1. The minimum Gasteiger partial charge on any atom is -0.321 e. The number of benzene rings is 2. The van der Waals surface area contributed by atoms with Gasteiger partial charge in [-0.1, -0.05) is 50.2 Å². The van der Waals surface area contributed by atoms with Crippen LogP contribution in [0.4, 0.5) is 5.69 Å². The van der Waals surface area contributed by atoms with Crippen molar-refractivity contribution < 1.29 is 4.79 Å². The van der Waals surface area contributed by atoms with Crippen molar-refractivity contribution in [1.82, 2.24) is 4.57 Å². The number of rotatable bonds is 5. The molecule has 3 rings (SSSR count). The molecular weight excluding hydrogens is 348 g/mol. The molecular formula is C24H26N2O2. The van der Waals surface area contributed by atoms with Gasteiger partial charge in [0.05, 0.1) is 0 Å². The Morgan fingerprint density at radius 1 is 0.929 bits per heavy atom. The van der Waals surface area contributed by atoms with Crippen molar-refractivity contribution in [2.45, 2.75) is 40.5 Å². The summed E-state index contributed by atoms with van der Waals surface area (Å²) in [5, 5.41) is 3.02. The molecule has 3 aromatic rings. The van der Waals surface area contributed by atoms with Crippen LogP contribution < -0.4 is 10.7 Å². The van der Waals surface area contributed by atoms with Gasteiger partial charge in [0, 0.05) is 28.8 Å². The second kappa shape index (κ2) is 8.26. The van der Waals surface area contributed by atoms with Crippen molar-refractivity contribution in [3.8, 4) is 5.69 Å². The summed E-state index contributed by atoms with van der Waals surface area (Å²) in [4.78, 5) is 25.9. The summed E-state index contributed by atoms with van der Waals surface area (Å²) >= 11 is 0. The second-order valence-electron chi connectivity index (χ2n) is 6.89. The number of hydrogen-bond donors (Lipinski definition) is 1.